The first-order chi connectivity index (χ1) is 20.5. The van der Waals surface area contributed by atoms with Gasteiger partial charge in [-0.2, -0.15) is 9.78 Å². The minimum Gasteiger partial charge on any atom is -0.442 e. The quantitative estimate of drug-likeness (QED) is 0.203. The summed E-state index contributed by atoms with van der Waals surface area (Å²) in [6.45, 7) is 5.35. The minimum atomic E-state index is -0.725. The van der Waals surface area contributed by atoms with Gasteiger partial charge in [-0.25, -0.2) is 9.78 Å². The zero-order chi connectivity index (χ0) is 30.6. The molecule has 12 nitrogen and oxygen atoms in total. The van der Waals surface area contributed by atoms with E-state index in [9.17, 15) is 14.4 Å². The molecule has 3 aromatic heterocycles. The molecule has 220 valence electrons. The second-order valence-corrected chi connectivity index (χ2v) is 10.9. The van der Waals surface area contributed by atoms with E-state index in [2.05, 4.69) is 20.6 Å². The van der Waals surface area contributed by atoms with Gasteiger partial charge in [0.05, 0.1) is 18.3 Å². The molecule has 5 rings (SSSR count). The molecule has 1 N–H and O–H groups in total. The Hall–Kier alpha value is -5.23. The Morgan fingerprint density at radius 3 is 2.44 bits per heavy atom. The summed E-state index contributed by atoms with van der Waals surface area (Å²) in [5.41, 5.74) is 0.636. The third-order valence-electron chi connectivity index (χ3n) is 5.96. The second-order valence-electron chi connectivity index (χ2n) is 10.5. The standard InChI is InChI=1S/C30H27ClN6O6/c1-30(2,3)43-29(40)37-18-21(16-33-37)25(38)14-20-15-32-28(36(27(20)39)17-19-4-6-22(31)7-5-19)34-23-8-10-24(11-9-23)42-26-12-13-41-35-26/h4-13,15-16,18H,14,17H2,1-3H3,(H,32,34). The van der Waals surface area contributed by atoms with Crippen LogP contribution in [-0.4, -0.2) is 42.0 Å². The minimum absolute atomic E-state index is 0.157. The third kappa shape index (κ3) is 7.54. The number of rotatable bonds is 9. The SMILES string of the molecule is CC(C)(C)OC(=O)n1cc(C(=O)Cc2cnc(Nc3ccc(Oc4ccon4)cc3)n(Cc3ccc(Cl)cc3)c2=O)cn1. The predicted molar refractivity (Wildman–Crippen MR) is 157 cm³/mol. The van der Waals surface area contributed by atoms with Crippen LogP contribution in [0.5, 0.6) is 11.6 Å². The number of nitrogens with one attached hydrogen (secondary N) is 1. The lowest BCUT2D eigenvalue weighted by Gasteiger charge is -2.18. The van der Waals surface area contributed by atoms with Gasteiger partial charge >= 0.3 is 6.09 Å². The molecule has 0 unspecified atom stereocenters. The van der Waals surface area contributed by atoms with E-state index in [1.54, 1.807) is 75.4 Å². The molecule has 0 saturated carbocycles. The molecule has 43 heavy (non-hydrogen) atoms. The van der Waals surface area contributed by atoms with Crippen molar-refractivity contribution in [3.05, 3.63) is 112 Å². The number of Topliss-reactive ketones (excluding diaryl/α,β-unsaturated/α-hetero) is 1. The van der Waals surface area contributed by atoms with Crippen molar-refractivity contribution >= 4 is 35.1 Å². The van der Waals surface area contributed by atoms with Crippen molar-refractivity contribution in [3.63, 3.8) is 0 Å². The number of halogens is 1. The molecular weight excluding hydrogens is 576 g/mol. The van der Waals surface area contributed by atoms with Gasteiger partial charge in [-0.3, -0.25) is 14.2 Å². The van der Waals surface area contributed by atoms with Crippen molar-refractivity contribution in [3.8, 4) is 11.6 Å². The number of hydrogen-bond acceptors (Lipinski definition) is 10. The van der Waals surface area contributed by atoms with Crippen LogP contribution < -0.4 is 15.6 Å². The van der Waals surface area contributed by atoms with Gasteiger partial charge in [0.15, 0.2) is 5.78 Å². The molecule has 0 radical (unpaired) electrons. The van der Waals surface area contributed by atoms with Gasteiger partial charge in [-0.05, 0) is 67.9 Å². The van der Waals surface area contributed by atoms with Crippen LogP contribution in [-0.2, 0) is 17.7 Å². The van der Waals surface area contributed by atoms with Crippen LogP contribution in [0.2, 0.25) is 5.02 Å². The van der Waals surface area contributed by atoms with Gasteiger partial charge in [-0.15, -0.1) is 0 Å². The van der Waals surface area contributed by atoms with E-state index in [1.165, 1.54) is 29.4 Å². The number of nitrogens with zero attached hydrogens (tertiary/aromatic N) is 5. The normalized spacial score (nSPS) is 11.3. The summed E-state index contributed by atoms with van der Waals surface area (Å²) >= 11 is 6.05. The van der Waals surface area contributed by atoms with E-state index < -0.39 is 23.0 Å². The van der Waals surface area contributed by atoms with Gasteiger partial charge in [0.2, 0.25) is 5.95 Å². The number of ketones is 1. The molecule has 0 aliphatic carbocycles. The molecular formula is C30H27ClN6O6. The Morgan fingerprint density at radius 1 is 1.02 bits per heavy atom. The highest BCUT2D eigenvalue weighted by molar-refractivity contribution is 6.30. The first-order valence-corrected chi connectivity index (χ1v) is 13.5. The lowest BCUT2D eigenvalue weighted by Crippen LogP contribution is -2.28. The van der Waals surface area contributed by atoms with Crippen molar-refractivity contribution in [2.45, 2.75) is 39.3 Å². The molecule has 3 heterocycles. The lowest BCUT2D eigenvalue weighted by atomic mass is 10.1. The highest BCUT2D eigenvalue weighted by atomic mass is 35.5. The topological polar surface area (TPSA) is 143 Å². The maximum absolute atomic E-state index is 13.7. The van der Waals surface area contributed by atoms with E-state index in [0.717, 1.165) is 10.2 Å². The molecule has 0 spiro atoms. The van der Waals surface area contributed by atoms with Crippen molar-refractivity contribution in [1.29, 1.82) is 0 Å². The first-order valence-electron chi connectivity index (χ1n) is 13.1. The average molecular weight is 603 g/mol. The van der Waals surface area contributed by atoms with Gasteiger partial charge in [0.1, 0.15) is 17.6 Å². The molecule has 5 aromatic rings. The van der Waals surface area contributed by atoms with Gasteiger partial charge in [0, 0.05) is 41.2 Å². The fourth-order valence-corrected chi connectivity index (χ4v) is 4.06. The second kappa shape index (κ2) is 12.3. The van der Waals surface area contributed by atoms with E-state index in [0.29, 0.717) is 22.3 Å². The maximum atomic E-state index is 13.7. The fraction of sp³-hybridized carbons (Fsp3) is 0.200. The lowest BCUT2D eigenvalue weighted by molar-refractivity contribution is 0.0514. The molecule has 2 aromatic carbocycles. The molecule has 0 bridgehead atoms. The summed E-state index contributed by atoms with van der Waals surface area (Å²) in [6, 6.07) is 15.6. The monoisotopic (exact) mass is 602 g/mol. The zero-order valence-corrected chi connectivity index (χ0v) is 24.2. The summed E-state index contributed by atoms with van der Waals surface area (Å²) in [4.78, 5) is 43.6. The van der Waals surface area contributed by atoms with Crippen LogP contribution in [0.3, 0.4) is 0 Å². The average Bonchev–Trinajstić information content (AvgIpc) is 3.66. The van der Waals surface area contributed by atoms with Gasteiger partial charge in [0.25, 0.3) is 11.4 Å². The number of hydrogen-bond donors (Lipinski definition) is 1. The maximum Gasteiger partial charge on any atom is 0.435 e. The molecule has 0 aliphatic rings. The summed E-state index contributed by atoms with van der Waals surface area (Å²) < 4.78 is 18.1. The number of anilines is 2. The highest BCUT2D eigenvalue weighted by Gasteiger charge is 2.21. The van der Waals surface area contributed by atoms with Crippen LogP contribution in [0, 0.1) is 0 Å². The molecule has 0 aliphatic heterocycles. The van der Waals surface area contributed by atoms with Crippen molar-refractivity contribution in [2.24, 2.45) is 0 Å². The number of ether oxygens (including phenoxy) is 2. The molecule has 0 saturated heterocycles. The summed E-state index contributed by atoms with van der Waals surface area (Å²) in [7, 11) is 0. The Labute approximate surface area is 250 Å². The first kappa shape index (κ1) is 29.3. The highest BCUT2D eigenvalue weighted by Crippen LogP contribution is 2.23. The fourth-order valence-electron chi connectivity index (χ4n) is 3.93. The summed E-state index contributed by atoms with van der Waals surface area (Å²) in [5.74, 6) is 0.713. The van der Waals surface area contributed by atoms with Crippen LogP contribution >= 0.6 is 11.6 Å². The molecule has 0 amide bonds. The van der Waals surface area contributed by atoms with Gasteiger partial charge in [-0.1, -0.05) is 23.7 Å². The van der Waals surface area contributed by atoms with Crippen molar-refractivity contribution in [2.75, 3.05) is 5.32 Å². The van der Waals surface area contributed by atoms with Crippen molar-refractivity contribution < 1.29 is 23.6 Å². The predicted octanol–water partition coefficient (Wildman–Crippen LogP) is 5.87. The van der Waals surface area contributed by atoms with Crippen molar-refractivity contribution in [1.82, 2.24) is 24.5 Å². The van der Waals surface area contributed by atoms with E-state index in [1.807, 2.05) is 0 Å². The Balaban J connectivity index is 1.38. The van der Waals surface area contributed by atoms with E-state index >= 15 is 0 Å². The van der Waals surface area contributed by atoms with Crippen LogP contribution in [0.1, 0.15) is 42.3 Å². The van der Waals surface area contributed by atoms with E-state index in [4.69, 9.17) is 25.6 Å². The molecule has 0 fully saturated rings. The summed E-state index contributed by atoms with van der Waals surface area (Å²) in [6.07, 6.45) is 4.35. The third-order valence-corrected chi connectivity index (χ3v) is 6.21. The van der Waals surface area contributed by atoms with E-state index in [-0.39, 0.29) is 30.0 Å². The van der Waals surface area contributed by atoms with Crippen LogP contribution in [0.15, 0.2) is 88.8 Å². The van der Waals surface area contributed by atoms with Crippen LogP contribution in [0.25, 0.3) is 0 Å². The number of carbonyl (C=O) groups is 2. The van der Waals surface area contributed by atoms with Gasteiger partial charge < -0.3 is 19.3 Å². The smallest absolute Gasteiger partial charge is 0.435 e. The molecule has 0 atom stereocenters. The number of carbonyl (C=O) groups excluding carboxylic acids is 2. The Kier molecular flexibility index (Phi) is 8.39. The number of aromatic nitrogens is 5. The Morgan fingerprint density at radius 2 is 1.77 bits per heavy atom. The number of benzene rings is 2. The Bertz CT molecular complexity index is 1790. The summed E-state index contributed by atoms with van der Waals surface area (Å²) in [5, 5.41) is 11.4. The zero-order valence-electron chi connectivity index (χ0n) is 23.5. The largest absolute Gasteiger partial charge is 0.442 e. The van der Waals surface area contributed by atoms with Crippen LogP contribution in [0.4, 0.5) is 16.4 Å². The molecule has 13 heteroatoms.